The van der Waals surface area contributed by atoms with E-state index >= 15 is 0 Å². The van der Waals surface area contributed by atoms with E-state index in [1.165, 1.54) is 12.4 Å². The second-order valence-electron chi connectivity index (χ2n) is 7.96. The summed E-state index contributed by atoms with van der Waals surface area (Å²) < 4.78 is 5.57. The number of nitrogens with zero attached hydrogens (tertiary/aromatic N) is 4. The Balaban J connectivity index is 1.55. The van der Waals surface area contributed by atoms with Crippen molar-refractivity contribution in [1.82, 2.24) is 20.1 Å². The number of aromatic nitrogens is 3. The molecule has 10 heteroatoms. The number of carbonyl (C=O) groups excluding carboxylic acids is 1. The molecule has 0 bridgehead atoms. The third kappa shape index (κ3) is 5.73. The van der Waals surface area contributed by atoms with Crippen molar-refractivity contribution in [3.63, 3.8) is 0 Å². The topological polar surface area (TPSA) is 88.4 Å². The number of benzene rings is 1. The molecule has 0 aliphatic carbocycles. The first-order valence-electron chi connectivity index (χ1n) is 10.3. The van der Waals surface area contributed by atoms with Crippen LogP contribution in [0.4, 0.5) is 0 Å². The van der Waals surface area contributed by atoms with Crippen LogP contribution in [0.1, 0.15) is 34.0 Å². The Morgan fingerprint density at radius 1 is 1.15 bits per heavy atom. The van der Waals surface area contributed by atoms with Gasteiger partial charge in [0.1, 0.15) is 0 Å². The zero-order valence-electron chi connectivity index (χ0n) is 17.7. The molecule has 4 rings (SSSR count). The van der Waals surface area contributed by atoms with Crippen molar-refractivity contribution in [3.8, 4) is 5.88 Å². The minimum atomic E-state index is -1.12. The largest absolute Gasteiger partial charge is 0.448 e. The highest BCUT2D eigenvalue weighted by atomic mass is 35.5. The number of ether oxygens (including phenoxy) is 1. The van der Waals surface area contributed by atoms with E-state index in [1.54, 1.807) is 36.1 Å². The molecule has 0 spiro atoms. The van der Waals surface area contributed by atoms with E-state index in [0.717, 1.165) is 5.56 Å². The highest BCUT2D eigenvalue weighted by Gasteiger charge is 2.38. The maximum atomic E-state index is 13.1. The predicted octanol–water partition coefficient (Wildman–Crippen LogP) is 4.78. The third-order valence-corrected chi connectivity index (χ3v) is 6.55. The van der Waals surface area contributed by atoms with Crippen LogP contribution in [0.15, 0.2) is 48.8 Å². The van der Waals surface area contributed by atoms with Crippen LogP contribution in [0.2, 0.25) is 15.1 Å². The fourth-order valence-electron chi connectivity index (χ4n) is 4.05. The monoisotopic (exact) mass is 506 g/mol. The lowest BCUT2D eigenvalue weighted by Crippen LogP contribution is -2.30. The standard InChI is InChI=1S/C23H21Cl3N4O3/c1-13-6-15(9-28-29-13)23(32)30-11-16(8-22(31)33-21-5-3-17(24)10-27-21)18(12-30)14-2-4-19(25)20(26)7-14/h2-7,9-10,16,18,22,31H,8,11-12H2,1H3/t16-,18+,22+/m0/s1. The van der Waals surface area contributed by atoms with E-state index in [4.69, 9.17) is 39.5 Å². The lowest BCUT2D eigenvalue weighted by atomic mass is 9.86. The first-order chi connectivity index (χ1) is 15.8. The van der Waals surface area contributed by atoms with Gasteiger partial charge in [0.15, 0.2) is 6.29 Å². The van der Waals surface area contributed by atoms with Crippen LogP contribution < -0.4 is 4.74 Å². The SMILES string of the molecule is Cc1cc(C(=O)N2C[C@H](C[C@H](O)Oc3ccc(Cl)cn3)[C@@H](c3ccc(Cl)c(Cl)c3)C2)cnn1. The molecule has 1 amide bonds. The summed E-state index contributed by atoms with van der Waals surface area (Å²) in [5.41, 5.74) is 2.07. The molecule has 0 radical (unpaired) electrons. The third-order valence-electron chi connectivity index (χ3n) is 5.59. The van der Waals surface area contributed by atoms with Crippen molar-refractivity contribution < 1.29 is 14.6 Å². The normalized spacial score (nSPS) is 18.9. The molecule has 172 valence electrons. The molecule has 1 fully saturated rings. The smallest absolute Gasteiger partial charge is 0.255 e. The molecule has 2 aromatic heterocycles. The van der Waals surface area contributed by atoms with Gasteiger partial charge in [0.25, 0.3) is 5.91 Å². The second-order valence-corrected chi connectivity index (χ2v) is 9.21. The number of rotatable bonds is 6. The Hall–Kier alpha value is -2.45. The lowest BCUT2D eigenvalue weighted by Gasteiger charge is -2.22. The van der Waals surface area contributed by atoms with Crippen LogP contribution in [-0.4, -0.2) is 50.5 Å². The molecule has 0 saturated carbocycles. The minimum absolute atomic E-state index is 0.0731. The number of pyridine rings is 1. The Bertz CT molecular complexity index is 1150. The first-order valence-corrected chi connectivity index (χ1v) is 11.4. The Morgan fingerprint density at radius 2 is 1.97 bits per heavy atom. The molecule has 3 atom stereocenters. The number of carbonyl (C=O) groups is 1. The van der Waals surface area contributed by atoms with Crippen LogP contribution in [0.3, 0.4) is 0 Å². The fraction of sp³-hybridized carbons (Fsp3) is 0.304. The van der Waals surface area contributed by atoms with Crippen LogP contribution in [-0.2, 0) is 0 Å². The van der Waals surface area contributed by atoms with Gasteiger partial charge in [-0.25, -0.2) is 4.98 Å². The molecule has 7 nitrogen and oxygen atoms in total. The average Bonchev–Trinajstić information content (AvgIpc) is 3.20. The van der Waals surface area contributed by atoms with Crippen LogP contribution in [0.5, 0.6) is 5.88 Å². The number of aliphatic hydroxyl groups is 1. The van der Waals surface area contributed by atoms with Crippen molar-refractivity contribution in [2.45, 2.75) is 25.6 Å². The molecular formula is C23H21Cl3N4O3. The van der Waals surface area contributed by atoms with Crippen molar-refractivity contribution in [3.05, 3.63) is 80.7 Å². The van der Waals surface area contributed by atoms with Crippen LogP contribution in [0, 0.1) is 12.8 Å². The number of hydrogen-bond donors (Lipinski definition) is 1. The summed E-state index contributed by atoms with van der Waals surface area (Å²) in [7, 11) is 0. The molecular weight excluding hydrogens is 487 g/mol. The number of halogens is 3. The quantitative estimate of drug-likeness (QED) is 0.483. The average molecular weight is 508 g/mol. The predicted molar refractivity (Wildman–Crippen MR) is 126 cm³/mol. The molecule has 1 saturated heterocycles. The molecule has 3 heterocycles. The van der Waals surface area contributed by atoms with Gasteiger partial charge in [0.05, 0.1) is 32.5 Å². The van der Waals surface area contributed by atoms with E-state index in [2.05, 4.69) is 15.2 Å². The van der Waals surface area contributed by atoms with Gasteiger partial charge in [-0.05, 0) is 42.7 Å². The molecule has 0 unspecified atom stereocenters. The number of hydrogen-bond acceptors (Lipinski definition) is 6. The van der Waals surface area contributed by atoms with E-state index < -0.39 is 6.29 Å². The first kappa shape index (κ1) is 23.7. The summed E-state index contributed by atoms with van der Waals surface area (Å²) in [6, 6.07) is 10.4. The maximum Gasteiger partial charge on any atom is 0.255 e. The van der Waals surface area contributed by atoms with Gasteiger partial charge in [-0.1, -0.05) is 40.9 Å². The molecule has 1 N–H and O–H groups in total. The summed E-state index contributed by atoms with van der Waals surface area (Å²) in [6.07, 6.45) is 2.07. The molecule has 3 aromatic rings. The molecule has 1 aliphatic rings. The summed E-state index contributed by atoms with van der Waals surface area (Å²) >= 11 is 18.2. The maximum absolute atomic E-state index is 13.1. The zero-order valence-corrected chi connectivity index (χ0v) is 19.9. The van der Waals surface area contributed by atoms with Gasteiger partial charge in [0, 0.05) is 37.7 Å². The van der Waals surface area contributed by atoms with Gasteiger partial charge >= 0.3 is 0 Å². The van der Waals surface area contributed by atoms with Crippen LogP contribution in [0.25, 0.3) is 0 Å². The summed E-state index contributed by atoms with van der Waals surface area (Å²) in [4.78, 5) is 19.0. The Morgan fingerprint density at radius 3 is 2.67 bits per heavy atom. The minimum Gasteiger partial charge on any atom is -0.448 e. The van der Waals surface area contributed by atoms with Gasteiger partial charge in [-0.2, -0.15) is 10.2 Å². The summed E-state index contributed by atoms with van der Waals surface area (Å²) in [5, 5.41) is 19.8. The van der Waals surface area contributed by atoms with Gasteiger partial charge in [-0.15, -0.1) is 0 Å². The Labute approximate surface area is 206 Å². The van der Waals surface area contributed by atoms with Crippen molar-refractivity contribution in [2.24, 2.45) is 5.92 Å². The second kappa shape index (κ2) is 10.2. The van der Waals surface area contributed by atoms with Crippen molar-refractivity contribution in [2.75, 3.05) is 13.1 Å². The molecule has 1 aliphatic heterocycles. The summed E-state index contributed by atoms with van der Waals surface area (Å²) in [6.45, 7) is 2.67. The van der Waals surface area contributed by atoms with Gasteiger partial charge < -0.3 is 14.7 Å². The van der Waals surface area contributed by atoms with Gasteiger partial charge in [0.2, 0.25) is 5.88 Å². The highest BCUT2D eigenvalue weighted by molar-refractivity contribution is 6.42. The number of amides is 1. The Kier molecular flexibility index (Phi) is 7.34. The zero-order chi connectivity index (χ0) is 23.5. The number of aryl methyl sites for hydroxylation is 1. The van der Waals surface area contributed by atoms with Crippen LogP contribution >= 0.6 is 34.8 Å². The molecule has 1 aromatic carbocycles. The number of likely N-dealkylation sites (tertiary alicyclic amines) is 1. The fourth-order valence-corrected chi connectivity index (χ4v) is 4.47. The van der Waals surface area contributed by atoms with E-state index in [9.17, 15) is 9.90 Å². The van der Waals surface area contributed by atoms with E-state index in [0.29, 0.717) is 39.4 Å². The number of aliphatic hydroxyl groups excluding tert-OH is 1. The van der Waals surface area contributed by atoms with Gasteiger partial charge in [-0.3, -0.25) is 4.79 Å². The van der Waals surface area contributed by atoms with Crippen molar-refractivity contribution in [1.29, 1.82) is 0 Å². The van der Waals surface area contributed by atoms with E-state index in [-0.39, 0.29) is 30.0 Å². The lowest BCUT2D eigenvalue weighted by molar-refractivity contribution is -0.0376. The molecule has 33 heavy (non-hydrogen) atoms. The van der Waals surface area contributed by atoms with E-state index in [1.807, 2.05) is 12.1 Å². The highest BCUT2D eigenvalue weighted by Crippen LogP contribution is 2.38. The van der Waals surface area contributed by atoms with Crippen molar-refractivity contribution >= 4 is 40.7 Å². The summed E-state index contributed by atoms with van der Waals surface area (Å²) in [5.74, 6) is -0.0435.